The van der Waals surface area contributed by atoms with E-state index in [4.69, 9.17) is 5.11 Å². The van der Waals surface area contributed by atoms with Gasteiger partial charge in [-0.2, -0.15) is 0 Å². The van der Waals surface area contributed by atoms with Gasteiger partial charge in [0.25, 0.3) is 0 Å². The number of carboxylic acid groups (broad SMARTS) is 1. The van der Waals surface area contributed by atoms with Gasteiger partial charge in [0.05, 0.1) is 5.56 Å². The van der Waals surface area contributed by atoms with Gasteiger partial charge in [0.1, 0.15) is 0 Å². The smallest absolute Gasteiger partial charge is 0.335 e. The average molecular weight is 281 g/mol. The molecule has 2 N–H and O–H groups in total. The Morgan fingerprint density at radius 1 is 1.10 bits per heavy atom. The van der Waals surface area contributed by atoms with E-state index < -0.39 is 5.97 Å². The summed E-state index contributed by atoms with van der Waals surface area (Å²) in [4.78, 5) is 11.0. The maximum atomic E-state index is 11.0. The highest BCUT2D eigenvalue weighted by Gasteiger charge is 2.13. The van der Waals surface area contributed by atoms with Crippen LogP contribution in [0.1, 0.15) is 39.9 Å². The summed E-state index contributed by atoms with van der Waals surface area (Å²) >= 11 is 0. The molecule has 2 aromatic rings. The van der Waals surface area contributed by atoms with Crippen molar-refractivity contribution < 1.29 is 9.90 Å². The molecule has 0 aromatic heterocycles. The highest BCUT2D eigenvalue weighted by atomic mass is 16.4. The van der Waals surface area contributed by atoms with Crippen LogP contribution < -0.4 is 5.32 Å². The van der Waals surface area contributed by atoms with Crippen molar-refractivity contribution in [3.05, 3.63) is 58.7 Å². The molecule has 0 aliphatic heterocycles. The van der Waals surface area contributed by atoms with Crippen molar-refractivity contribution in [1.82, 2.24) is 0 Å². The summed E-state index contributed by atoms with van der Waals surface area (Å²) in [5, 5.41) is 12.5. The summed E-state index contributed by atoms with van der Waals surface area (Å²) < 4.78 is 0. The lowest BCUT2D eigenvalue weighted by atomic mass is 9.90. The third-order valence-corrected chi connectivity index (χ3v) is 4.14. The summed E-state index contributed by atoms with van der Waals surface area (Å²) in [6.45, 7) is 1.93. The highest BCUT2D eigenvalue weighted by Crippen LogP contribution is 2.31. The van der Waals surface area contributed by atoms with Gasteiger partial charge < -0.3 is 10.4 Å². The van der Waals surface area contributed by atoms with Crippen LogP contribution in [0.25, 0.3) is 0 Å². The molecule has 0 heterocycles. The third kappa shape index (κ3) is 2.77. The number of fused-ring (bicyclic) bond motifs is 1. The van der Waals surface area contributed by atoms with Crippen LogP contribution in [0, 0.1) is 6.92 Å². The first-order valence-electron chi connectivity index (χ1n) is 7.37. The van der Waals surface area contributed by atoms with Crippen LogP contribution in [-0.4, -0.2) is 11.1 Å². The molecule has 0 saturated carbocycles. The molecular weight excluding hydrogens is 262 g/mol. The zero-order valence-corrected chi connectivity index (χ0v) is 12.1. The first kappa shape index (κ1) is 13.7. The summed E-state index contributed by atoms with van der Waals surface area (Å²) in [5.41, 5.74) is 6.24. The lowest BCUT2D eigenvalue weighted by Gasteiger charge is -2.21. The first-order valence-corrected chi connectivity index (χ1v) is 7.37. The summed E-state index contributed by atoms with van der Waals surface area (Å²) in [6.07, 6.45) is 4.78. The maximum Gasteiger partial charge on any atom is 0.335 e. The van der Waals surface area contributed by atoms with Crippen LogP contribution in [0.2, 0.25) is 0 Å². The van der Waals surface area contributed by atoms with Gasteiger partial charge in [0.15, 0.2) is 0 Å². The molecule has 0 saturated heterocycles. The van der Waals surface area contributed by atoms with Crippen molar-refractivity contribution in [3.63, 3.8) is 0 Å². The van der Waals surface area contributed by atoms with Gasteiger partial charge in [-0.25, -0.2) is 4.79 Å². The lowest BCUT2D eigenvalue weighted by molar-refractivity contribution is 0.0697. The molecule has 0 spiro atoms. The van der Waals surface area contributed by atoms with Crippen LogP contribution in [0.15, 0.2) is 36.4 Å². The van der Waals surface area contributed by atoms with Crippen LogP contribution >= 0.6 is 0 Å². The topological polar surface area (TPSA) is 49.3 Å². The third-order valence-electron chi connectivity index (χ3n) is 4.14. The number of nitrogens with one attached hydrogen (secondary N) is 1. The van der Waals surface area contributed by atoms with E-state index in [9.17, 15) is 4.79 Å². The fraction of sp³-hybridized carbons (Fsp3) is 0.278. The van der Waals surface area contributed by atoms with Gasteiger partial charge in [0, 0.05) is 11.4 Å². The van der Waals surface area contributed by atoms with E-state index in [1.807, 2.05) is 13.0 Å². The number of aryl methyl sites for hydroxylation is 2. The second-order valence-corrected chi connectivity index (χ2v) is 5.61. The molecule has 0 unspecified atom stereocenters. The number of aromatic carboxylic acids is 1. The Balaban J connectivity index is 1.92. The largest absolute Gasteiger partial charge is 0.478 e. The summed E-state index contributed by atoms with van der Waals surface area (Å²) in [7, 11) is 0. The van der Waals surface area contributed by atoms with E-state index in [-0.39, 0.29) is 0 Å². The fourth-order valence-electron chi connectivity index (χ4n) is 2.98. The number of hydrogen-bond acceptors (Lipinski definition) is 2. The molecule has 3 nitrogen and oxygen atoms in total. The van der Waals surface area contributed by atoms with Crippen LogP contribution in [0.5, 0.6) is 0 Å². The molecule has 21 heavy (non-hydrogen) atoms. The van der Waals surface area contributed by atoms with Gasteiger partial charge in [-0.1, -0.05) is 12.1 Å². The Morgan fingerprint density at radius 2 is 1.90 bits per heavy atom. The number of carbonyl (C=O) groups is 1. The standard InChI is InChI=1S/C18H19NO2/c1-12-11-14(18(20)21)9-10-16(12)19-17-8-4-6-13-5-2-3-7-15(13)17/h4,6,8-11,19H,2-3,5,7H2,1H3,(H,20,21). The molecule has 1 aliphatic carbocycles. The first-order chi connectivity index (χ1) is 10.1. The molecule has 1 aliphatic rings. The highest BCUT2D eigenvalue weighted by molar-refractivity contribution is 5.88. The molecule has 3 rings (SSSR count). The van der Waals surface area contributed by atoms with E-state index in [1.54, 1.807) is 12.1 Å². The molecule has 0 atom stereocenters. The van der Waals surface area contributed by atoms with Gasteiger partial charge >= 0.3 is 5.97 Å². The summed E-state index contributed by atoms with van der Waals surface area (Å²) in [5.74, 6) is -0.887. The quantitative estimate of drug-likeness (QED) is 0.881. The number of hydrogen-bond donors (Lipinski definition) is 2. The zero-order chi connectivity index (χ0) is 14.8. The van der Waals surface area contributed by atoms with Crippen molar-refractivity contribution in [2.24, 2.45) is 0 Å². The Bertz CT molecular complexity index is 692. The average Bonchev–Trinajstić information content (AvgIpc) is 2.49. The molecule has 2 aromatic carbocycles. The molecule has 3 heteroatoms. The lowest BCUT2D eigenvalue weighted by Crippen LogP contribution is -2.07. The van der Waals surface area contributed by atoms with Crippen LogP contribution in [0.3, 0.4) is 0 Å². The van der Waals surface area contributed by atoms with E-state index in [2.05, 4.69) is 23.5 Å². The van der Waals surface area contributed by atoms with E-state index in [0.29, 0.717) is 5.56 Å². The van der Waals surface area contributed by atoms with E-state index in [0.717, 1.165) is 29.8 Å². The zero-order valence-electron chi connectivity index (χ0n) is 12.1. The summed E-state index contributed by atoms with van der Waals surface area (Å²) in [6, 6.07) is 11.6. The van der Waals surface area contributed by atoms with Crippen molar-refractivity contribution in [2.45, 2.75) is 32.6 Å². The minimum Gasteiger partial charge on any atom is -0.478 e. The second-order valence-electron chi connectivity index (χ2n) is 5.61. The number of carboxylic acids is 1. The van der Waals surface area contributed by atoms with Crippen molar-refractivity contribution in [3.8, 4) is 0 Å². The molecule has 0 amide bonds. The van der Waals surface area contributed by atoms with Gasteiger partial charge in [-0.3, -0.25) is 0 Å². The van der Waals surface area contributed by atoms with Crippen molar-refractivity contribution >= 4 is 17.3 Å². The predicted octanol–water partition coefficient (Wildman–Crippen LogP) is 4.32. The number of benzene rings is 2. The Morgan fingerprint density at radius 3 is 2.67 bits per heavy atom. The molecule has 0 bridgehead atoms. The van der Waals surface area contributed by atoms with Crippen molar-refractivity contribution in [1.29, 1.82) is 0 Å². The Labute approximate surface area is 124 Å². The monoisotopic (exact) mass is 281 g/mol. The Kier molecular flexibility index (Phi) is 3.65. The molecule has 0 fully saturated rings. The van der Waals surface area contributed by atoms with Crippen molar-refractivity contribution in [2.75, 3.05) is 5.32 Å². The molecular formula is C18H19NO2. The number of anilines is 2. The minimum absolute atomic E-state index is 0.327. The van der Waals surface area contributed by atoms with Gasteiger partial charge in [-0.15, -0.1) is 0 Å². The minimum atomic E-state index is -0.887. The maximum absolute atomic E-state index is 11.0. The Hall–Kier alpha value is -2.29. The van der Waals surface area contributed by atoms with E-state index in [1.165, 1.54) is 24.0 Å². The molecule has 108 valence electrons. The predicted molar refractivity (Wildman–Crippen MR) is 84.5 cm³/mol. The van der Waals surface area contributed by atoms with E-state index >= 15 is 0 Å². The molecule has 0 radical (unpaired) electrons. The van der Waals surface area contributed by atoms with Gasteiger partial charge in [-0.05, 0) is 73.6 Å². The second kappa shape index (κ2) is 5.60. The fourth-order valence-corrected chi connectivity index (χ4v) is 2.98. The van der Waals surface area contributed by atoms with Crippen LogP contribution in [-0.2, 0) is 12.8 Å². The van der Waals surface area contributed by atoms with Crippen LogP contribution in [0.4, 0.5) is 11.4 Å². The number of rotatable bonds is 3. The van der Waals surface area contributed by atoms with Gasteiger partial charge in [0.2, 0.25) is 0 Å². The SMILES string of the molecule is Cc1cc(C(=O)O)ccc1Nc1cccc2c1CCCC2. The normalized spacial score (nSPS) is 13.6.